The van der Waals surface area contributed by atoms with Crippen LogP contribution < -0.4 is 0 Å². The lowest BCUT2D eigenvalue weighted by Crippen LogP contribution is -2.02. The van der Waals surface area contributed by atoms with Crippen molar-refractivity contribution in [2.45, 2.75) is 32.6 Å². The first kappa shape index (κ1) is 13.4. The first-order valence-corrected chi connectivity index (χ1v) is 6.86. The van der Waals surface area contributed by atoms with E-state index in [2.05, 4.69) is 9.97 Å². The van der Waals surface area contributed by atoms with Crippen LogP contribution in [0.4, 0.5) is 8.78 Å². The summed E-state index contributed by atoms with van der Waals surface area (Å²) in [6.07, 6.45) is 2.03. The van der Waals surface area contributed by atoms with Crippen molar-refractivity contribution in [3.05, 3.63) is 45.9 Å². The van der Waals surface area contributed by atoms with E-state index in [1.807, 2.05) is 0 Å². The Morgan fingerprint density at radius 2 is 1.80 bits per heavy atom. The SMILES string of the molecule is Cc1ccc(-c2nc(C3CC3)nc(Cl)c2C)c(F)c1F. The third kappa shape index (κ3) is 2.18. The number of aromatic nitrogens is 2. The van der Waals surface area contributed by atoms with Crippen LogP contribution in [0.1, 0.15) is 35.7 Å². The topological polar surface area (TPSA) is 25.8 Å². The van der Waals surface area contributed by atoms with Crippen molar-refractivity contribution < 1.29 is 8.78 Å². The van der Waals surface area contributed by atoms with Crippen LogP contribution in [0.2, 0.25) is 5.15 Å². The van der Waals surface area contributed by atoms with Crippen molar-refractivity contribution in [3.63, 3.8) is 0 Å². The molecule has 0 bridgehead atoms. The van der Waals surface area contributed by atoms with E-state index >= 15 is 0 Å². The second kappa shape index (κ2) is 4.77. The van der Waals surface area contributed by atoms with Gasteiger partial charge >= 0.3 is 0 Å². The summed E-state index contributed by atoms with van der Waals surface area (Å²) in [6, 6.07) is 3.08. The quantitative estimate of drug-likeness (QED) is 0.758. The highest BCUT2D eigenvalue weighted by Gasteiger charge is 2.28. The smallest absolute Gasteiger partial charge is 0.168 e. The number of nitrogens with zero attached hydrogens (tertiary/aromatic N) is 2. The van der Waals surface area contributed by atoms with E-state index in [9.17, 15) is 8.78 Å². The fourth-order valence-corrected chi connectivity index (χ4v) is 2.30. The Morgan fingerprint density at radius 1 is 1.10 bits per heavy atom. The molecule has 1 saturated carbocycles. The number of halogens is 3. The largest absolute Gasteiger partial charge is 0.232 e. The van der Waals surface area contributed by atoms with Gasteiger partial charge in [0.1, 0.15) is 11.0 Å². The standard InChI is InChI=1S/C15H13ClF2N2/c1-7-3-6-10(12(18)11(7)17)13-8(2)14(16)20-15(19-13)9-4-5-9/h3,6,9H,4-5H2,1-2H3. The number of aryl methyl sites for hydroxylation is 1. The predicted molar refractivity (Wildman–Crippen MR) is 73.8 cm³/mol. The van der Waals surface area contributed by atoms with E-state index in [-0.39, 0.29) is 11.1 Å². The number of hydrogen-bond donors (Lipinski definition) is 0. The van der Waals surface area contributed by atoms with Crippen molar-refractivity contribution >= 4 is 11.6 Å². The molecule has 0 aliphatic heterocycles. The highest BCUT2D eigenvalue weighted by molar-refractivity contribution is 6.30. The van der Waals surface area contributed by atoms with Gasteiger partial charge in [-0.1, -0.05) is 17.7 Å². The molecule has 2 aromatic rings. The molecule has 1 aliphatic carbocycles. The normalized spacial score (nSPS) is 14.7. The van der Waals surface area contributed by atoms with Gasteiger partial charge < -0.3 is 0 Å². The Labute approximate surface area is 120 Å². The molecule has 0 spiro atoms. The number of benzene rings is 1. The highest BCUT2D eigenvalue weighted by Crippen LogP contribution is 2.40. The molecule has 1 aliphatic rings. The van der Waals surface area contributed by atoms with Crippen LogP contribution in [-0.4, -0.2) is 9.97 Å². The summed E-state index contributed by atoms with van der Waals surface area (Å²) in [4.78, 5) is 8.62. The molecule has 0 N–H and O–H groups in total. The second-order valence-electron chi connectivity index (χ2n) is 5.18. The Kier molecular flexibility index (Phi) is 3.21. The summed E-state index contributed by atoms with van der Waals surface area (Å²) in [5.41, 5.74) is 1.35. The summed E-state index contributed by atoms with van der Waals surface area (Å²) < 4.78 is 27.9. The Hall–Kier alpha value is -1.55. The molecule has 1 fully saturated rings. The zero-order valence-electron chi connectivity index (χ0n) is 11.2. The Balaban J connectivity index is 2.21. The molecule has 20 heavy (non-hydrogen) atoms. The molecule has 1 aromatic heterocycles. The summed E-state index contributed by atoms with van der Waals surface area (Å²) in [5.74, 6) is -0.810. The van der Waals surface area contributed by atoms with E-state index < -0.39 is 11.6 Å². The summed E-state index contributed by atoms with van der Waals surface area (Å²) in [6.45, 7) is 3.24. The second-order valence-corrected chi connectivity index (χ2v) is 5.54. The van der Waals surface area contributed by atoms with Gasteiger partial charge in [0.15, 0.2) is 11.6 Å². The zero-order chi connectivity index (χ0) is 14.4. The average Bonchev–Trinajstić information content (AvgIpc) is 3.24. The predicted octanol–water partition coefficient (Wildman–Crippen LogP) is 4.57. The maximum Gasteiger partial charge on any atom is 0.168 e. The fraction of sp³-hybridized carbons (Fsp3) is 0.333. The van der Waals surface area contributed by atoms with Crippen LogP contribution in [0.25, 0.3) is 11.3 Å². The summed E-state index contributed by atoms with van der Waals surface area (Å²) in [5, 5.41) is 0.303. The minimum Gasteiger partial charge on any atom is -0.232 e. The highest BCUT2D eigenvalue weighted by atomic mass is 35.5. The summed E-state index contributed by atoms with van der Waals surface area (Å²) in [7, 11) is 0. The average molecular weight is 295 g/mol. The van der Waals surface area contributed by atoms with Crippen LogP contribution in [-0.2, 0) is 0 Å². The molecule has 0 unspecified atom stereocenters. The fourth-order valence-electron chi connectivity index (χ4n) is 2.12. The van der Waals surface area contributed by atoms with Crippen molar-refractivity contribution in [2.24, 2.45) is 0 Å². The van der Waals surface area contributed by atoms with Crippen LogP contribution in [0.3, 0.4) is 0 Å². The number of hydrogen-bond acceptors (Lipinski definition) is 2. The van der Waals surface area contributed by atoms with Crippen LogP contribution >= 0.6 is 11.6 Å². The van der Waals surface area contributed by atoms with Crippen molar-refractivity contribution in [3.8, 4) is 11.3 Å². The lowest BCUT2D eigenvalue weighted by Gasteiger charge is -2.11. The Bertz CT molecular complexity index is 697. The Morgan fingerprint density at radius 3 is 2.45 bits per heavy atom. The molecular weight excluding hydrogens is 282 g/mol. The van der Waals surface area contributed by atoms with Gasteiger partial charge in [0.2, 0.25) is 0 Å². The van der Waals surface area contributed by atoms with E-state index in [0.29, 0.717) is 28.2 Å². The van der Waals surface area contributed by atoms with Gasteiger partial charge in [0.25, 0.3) is 0 Å². The molecule has 5 heteroatoms. The molecule has 1 aromatic carbocycles. The maximum absolute atomic E-state index is 14.1. The molecular formula is C15H13ClF2N2. The van der Waals surface area contributed by atoms with Crippen molar-refractivity contribution in [2.75, 3.05) is 0 Å². The molecule has 2 nitrogen and oxygen atoms in total. The van der Waals surface area contributed by atoms with Crippen molar-refractivity contribution in [1.29, 1.82) is 0 Å². The van der Waals surface area contributed by atoms with E-state index in [1.165, 1.54) is 13.0 Å². The molecule has 3 rings (SSSR count). The van der Waals surface area contributed by atoms with E-state index in [0.717, 1.165) is 12.8 Å². The maximum atomic E-state index is 14.1. The van der Waals surface area contributed by atoms with Gasteiger partial charge in [-0.05, 0) is 38.3 Å². The van der Waals surface area contributed by atoms with Crippen LogP contribution in [0, 0.1) is 25.5 Å². The third-order valence-electron chi connectivity index (χ3n) is 3.58. The lowest BCUT2D eigenvalue weighted by atomic mass is 10.0. The van der Waals surface area contributed by atoms with Gasteiger partial charge in [-0.25, -0.2) is 18.7 Å². The minimum absolute atomic E-state index is 0.136. The van der Waals surface area contributed by atoms with Gasteiger partial charge in [-0.15, -0.1) is 0 Å². The van der Waals surface area contributed by atoms with Crippen LogP contribution in [0.5, 0.6) is 0 Å². The van der Waals surface area contributed by atoms with Gasteiger partial charge in [0, 0.05) is 17.0 Å². The van der Waals surface area contributed by atoms with Gasteiger partial charge in [0.05, 0.1) is 5.69 Å². The number of rotatable bonds is 2. The monoisotopic (exact) mass is 294 g/mol. The van der Waals surface area contributed by atoms with Crippen molar-refractivity contribution in [1.82, 2.24) is 9.97 Å². The van der Waals surface area contributed by atoms with Gasteiger partial charge in [-0.3, -0.25) is 0 Å². The molecule has 1 heterocycles. The van der Waals surface area contributed by atoms with Crippen LogP contribution in [0.15, 0.2) is 12.1 Å². The van der Waals surface area contributed by atoms with E-state index in [1.54, 1.807) is 13.0 Å². The molecule has 0 amide bonds. The lowest BCUT2D eigenvalue weighted by molar-refractivity contribution is 0.505. The first-order valence-electron chi connectivity index (χ1n) is 6.48. The molecule has 104 valence electrons. The third-order valence-corrected chi connectivity index (χ3v) is 3.94. The molecule has 0 saturated heterocycles. The minimum atomic E-state index is -0.885. The molecule has 0 atom stereocenters. The first-order chi connectivity index (χ1) is 9.49. The molecule has 0 radical (unpaired) electrons. The van der Waals surface area contributed by atoms with E-state index in [4.69, 9.17) is 11.6 Å². The van der Waals surface area contributed by atoms with Gasteiger partial charge in [-0.2, -0.15) is 0 Å². The summed E-state index contributed by atoms with van der Waals surface area (Å²) >= 11 is 6.10. The zero-order valence-corrected chi connectivity index (χ0v) is 11.9.